The maximum absolute atomic E-state index is 13.2. The van der Waals surface area contributed by atoms with Crippen molar-refractivity contribution in [2.75, 3.05) is 67.6 Å². The van der Waals surface area contributed by atoms with Gasteiger partial charge in [-0.25, -0.2) is 4.79 Å². The monoisotopic (exact) mass is 432 g/mol. The summed E-state index contributed by atoms with van der Waals surface area (Å²) in [5, 5.41) is 0. The number of likely N-dealkylation sites (tertiary alicyclic amines) is 2. The fourth-order valence-corrected chi connectivity index (χ4v) is 4.42. The molecule has 2 aliphatic heterocycles. The predicted molar refractivity (Wildman–Crippen MR) is 120 cm³/mol. The van der Waals surface area contributed by atoms with Crippen molar-refractivity contribution in [1.82, 2.24) is 19.6 Å². The van der Waals surface area contributed by atoms with Gasteiger partial charge < -0.3 is 29.1 Å². The number of amides is 3. The molecule has 2 aliphatic rings. The number of ether oxygens (including phenoxy) is 2. The van der Waals surface area contributed by atoms with Gasteiger partial charge in [0.1, 0.15) is 11.5 Å². The van der Waals surface area contributed by atoms with Crippen molar-refractivity contribution >= 4 is 11.9 Å². The zero-order chi connectivity index (χ0) is 22.4. The van der Waals surface area contributed by atoms with Gasteiger partial charge in [0, 0.05) is 51.9 Å². The molecule has 8 heteroatoms. The summed E-state index contributed by atoms with van der Waals surface area (Å²) in [7, 11) is 6.72. The molecule has 2 fully saturated rings. The third kappa shape index (κ3) is 5.81. The molecule has 0 aliphatic carbocycles. The summed E-state index contributed by atoms with van der Waals surface area (Å²) in [6, 6.07) is 5.26. The van der Waals surface area contributed by atoms with Gasteiger partial charge in [-0.15, -0.1) is 0 Å². The number of nitrogens with zero attached hydrogens (tertiary/aromatic N) is 4. The van der Waals surface area contributed by atoms with Gasteiger partial charge >= 0.3 is 6.03 Å². The average molecular weight is 433 g/mol. The van der Waals surface area contributed by atoms with Crippen LogP contribution >= 0.6 is 0 Å². The first kappa shape index (κ1) is 23.2. The first-order valence-electron chi connectivity index (χ1n) is 11.2. The van der Waals surface area contributed by atoms with E-state index in [9.17, 15) is 9.59 Å². The second-order valence-corrected chi connectivity index (χ2v) is 8.57. The second-order valence-electron chi connectivity index (χ2n) is 8.57. The van der Waals surface area contributed by atoms with Crippen LogP contribution in [0.25, 0.3) is 0 Å². The minimum Gasteiger partial charge on any atom is -0.497 e. The van der Waals surface area contributed by atoms with Crippen molar-refractivity contribution in [1.29, 1.82) is 0 Å². The highest BCUT2D eigenvalue weighted by atomic mass is 16.5. The summed E-state index contributed by atoms with van der Waals surface area (Å²) >= 11 is 0. The highest BCUT2D eigenvalue weighted by Crippen LogP contribution is 2.26. The van der Waals surface area contributed by atoms with Gasteiger partial charge in [0.15, 0.2) is 0 Å². The average Bonchev–Trinajstić information content (AvgIpc) is 3.28. The Hall–Kier alpha value is -2.48. The minimum absolute atomic E-state index is 0.0133. The first-order chi connectivity index (χ1) is 14.9. The number of hydrogen-bond acceptors (Lipinski definition) is 5. The molecule has 1 unspecified atom stereocenters. The number of rotatable bonds is 7. The van der Waals surface area contributed by atoms with Crippen molar-refractivity contribution in [3.05, 3.63) is 23.8 Å². The SMILES string of the molecule is COc1cc(OC)cc(C(=O)N2CCC(N(CCN3CCCCC3)C(=O)N(C)C)C2)c1. The quantitative estimate of drug-likeness (QED) is 0.662. The number of urea groups is 1. The fourth-order valence-electron chi connectivity index (χ4n) is 4.42. The van der Waals surface area contributed by atoms with Crippen LogP contribution in [0.15, 0.2) is 18.2 Å². The lowest BCUT2D eigenvalue weighted by Gasteiger charge is -2.34. The van der Waals surface area contributed by atoms with Gasteiger partial charge in [-0.2, -0.15) is 0 Å². The van der Waals surface area contributed by atoms with Gasteiger partial charge in [-0.1, -0.05) is 6.42 Å². The minimum atomic E-state index is -0.0621. The summed E-state index contributed by atoms with van der Waals surface area (Å²) in [4.78, 5) is 33.9. The van der Waals surface area contributed by atoms with Crippen molar-refractivity contribution in [2.45, 2.75) is 31.7 Å². The molecule has 1 aromatic rings. The smallest absolute Gasteiger partial charge is 0.319 e. The number of hydrogen-bond donors (Lipinski definition) is 0. The maximum atomic E-state index is 13.2. The van der Waals surface area contributed by atoms with Crippen LogP contribution in [0.5, 0.6) is 11.5 Å². The largest absolute Gasteiger partial charge is 0.497 e. The molecule has 2 heterocycles. The number of methoxy groups -OCH3 is 2. The zero-order valence-electron chi connectivity index (χ0n) is 19.3. The summed E-state index contributed by atoms with van der Waals surface area (Å²) in [5.41, 5.74) is 0.538. The molecule has 0 radical (unpaired) electrons. The van der Waals surface area contributed by atoms with E-state index in [0.717, 1.165) is 26.1 Å². The van der Waals surface area contributed by atoms with E-state index in [1.54, 1.807) is 51.4 Å². The number of carbonyl (C=O) groups is 2. The molecule has 0 spiro atoms. The van der Waals surface area contributed by atoms with E-state index in [1.165, 1.54) is 19.3 Å². The first-order valence-corrected chi connectivity index (χ1v) is 11.2. The van der Waals surface area contributed by atoms with Gasteiger partial charge in [-0.3, -0.25) is 4.79 Å². The lowest BCUT2D eigenvalue weighted by atomic mass is 10.1. The van der Waals surface area contributed by atoms with Crippen molar-refractivity contribution < 1.29 is 19.1 Å². The molecule has 3 rings (SSSR count). The number of benzene rings is 1. The van der Waals surface area contributed by atoms with Crippen molar-refractivity contribution in [3.8, 4) is 11.5 Å². The molecule has 3 amide bonds. The Bertz CT molecular complexity index is 742. The van der Waals surface area contributed by atoms with E-state index < -0.39 is 0 Å². The third-order valence-corrected chi connectivity index (χ3v) is 6.22. The second kappa shape index (κ2) is 10.7. The van der Waals surface area contributed by atoms with Gasteiger partial charge in [0.05, 0.1) is 20.3 Å². The standard InChI is InChI=1S/C23H36N4O4/c1-24(2)23(29)27(13-12-25-9-6-5-7-10-25)19-8-11-26(17-19)22(28)18-14-20(30-3)16-21(15-18)31-4/h14-16,19H,5-13,17H2,1-4H3. The van der Waals surface area contributed by atoms with E-state index in [-0.39, 0.29) is 18.0 Å². The van der Waals surface area contributed by atoms with Crippen LogP contribution in [-0.4, -0.2) is 105 Å². The summed E-state index contributed by atoms with van der Waals surface area (Å²) in [6.07, 6.45) is 4.55. The topological polar surface area (TPSA) is 65.6 Å². The Labute approximate surface area is 185 Å². The summed E-state index contributed by atoms with van der Waals surface area (Å²) in [5.74, 6) is 1.11. The molecule has 0 N–H and O–H groups in total. The van der Waals surface area contributed by atoms with E-state index in [4.69, 9.17) is 9.47 Å². The number of piperidine rings is 1. The van der Waals surface area contributed by atoms with Gasteiger partial charge in [0.25, 0.3) is 5.91 Å². The van der Waals surface area contributed by atoms with Crippen molar-refractivity contribution in [3.63, 3.8) is 0 Å². The van der Waals surface area contributed by atoms with Gasteiger partial charge in [0.2, 0.25) is 0 Å². The number of carbonyl (C=O) groups excluding carboxylic acids is 2. The Morgan fingerprint density at radius 2 is 1.65 bits per heavy atom. The molecular weight excluding hydrogens is 396 g/mol. The van der Waals surface area contributed by atoms with Crippen LogP contribution in [0.1, 0.15) is 36.0 Å². The van der Waals surface area contributed by atoms with E-state index in [0.29, 0.717) is 36.7 Å². The van der Waals surface area contributed by atoms with E-state index >= 15 is 0 Å². The van der Waals surface area contributed by atoms with Crippen LogP contribution in [0.3, 0.4) is 0 Å². The highest BCUT2D eigenvalue weighted by molar-refractivity contribution is 5.95. The molecule has 0 aromatic heterocycles. The van der Waals surface area contributed by atoms with Gasteiger partial charge in [-0.05, 0) is 44.5 Å². The molecule has 2 saturated heterocycles. The Balaban J connectivity index is 1.67. The molecule has 31 heavy (non-hydrogen) atoms. The Kier molecular flexibility index (Phi) is 8.01. The molecule has 172 valence electrons. The lowest BCUT2D eigenvalue weighted by Crippen LogP contribution is -2.50. The molecule has 8 nitrogen and oxygen atoms in total. The van der Waals surface area contributed by atoms with E-state index in [1.807, 2.05) is 9.80 Å². The van der Waals surface area contributed by atoms with Crippen LogP contribution in [0.2, 0.25) is 0 Å². The molecule has 1 atom stereocenters. The van der Waals surface area contributed by atoms with E-state index in [2.05, 4.69) is 4.90 Å². The predicted octanol–water partition coefficient (Wildman–Crippen LogP) is 2.39. The van der Waals surface area contributed by atoms with Crippen molar-refractivity contribution in [2.24, 2.45) is 0 Å². The van der Waals surface area contributed by atoms with Crippen LogP contribution < -0.4 is 9.47 Å². The molecule has 0 saturated carbocycles. The highest BCUT2D eigenvalue weighted by Gasteiger charge is 2.34. The van der Waals surface area contributed by atoms with Crippen LogP contribution in [-0.2, 0) is 0 Å². The molecule has 1 aromatic carbocycles. The molecule has 0 bridgehead atoms. The maximum Gasteiger partial charge on any atom is 0.319 e. The molecular formula is C23H36N4O4. The Morgan fingerprint density at radius 3 is 2.23 bits per heavy atom. The third-order valence-electron chi connectivity index (χ3n) is 6.22. The normalized spacial score (nSPS) is 19.2. The Morgan fingerprint density at radius 1 is 1.00 bits per heavy atom. The summed E-state index contributed by atoms with van der Waals surface area (Å²) < 4.78 is 10.6. The summed E-state index contributed by atoms with van der Waals surface area (Å²) in [6.45, 7) is 4.96. The van der Waals surface area contributed by atoms with Crippen LogP contribution in [0, 0.1) is 0 Å². The zero-order valence-corrected chi connectivity index (χ0v) is 19.3. The van der Waals surface area contributed by atoms with Crippen LogP contribution in [0.4, 0.5) is 4.79 Å². The fraction of sp³-hybridized carbons (Fsp3) is 0.652. The lowest BCUT2D eigenvalue weighted by molar-refractivity contribution is 0.0773.